The lowest BCUT2D eigenvalue weighted by molar-refractivity contribution is -0.132. The van der Waals surface area contributed by atoms with Crippen molar-refractivity contribution >= 4 is 29.1 Å². The number of nitrogens with one attached hydrogen (secondary N) is 1. The van der Waals surface area contributed by atoms with Gasteiger partial charge in [0.1, 0.15) is 0 Å². The predicted octanol–water partition coefficient (Wildman–Crippen LogP) is 3.47. The Hall–Kier alpha value is -2.51. The quantitative estimate of drug-likeness (QED) is 0.708. The van der Waals surface area contributed by atoms with Crippen molar-refractivity contribution in [3.05, 3.63) is 59.9 Å². The molecule has 1 aliphatic rings. The summed E-state index contributed by atoms with van der Waals surface area (Å²) in [5.74, 6) is -1.46. The number of hydrogen-bond donors (Lipinski definition) is 1. The van der Waals surface area contributed by atoms with Gasteiger partial charge in [0.15, 0.2) is 5.54 Å². The van der Waals surface area contributed by atoms with E-state index in [9.17, 15) is 14.0 Å². The highest BCUT2D eigenvalue weighted by molar-refractivity contribution is 6.32. The lowest BCUT2D eigenvalue weighted by atomic mass is 9.88. The van der Waals surface area contributed by atoms with Crippen LogP contribution in [0.4, 0.5) is 10.1 Å². The fourth-order valence-electron chi connectivity index (χ4n) is 3.58. The molecule has 1 saturated heterocycles. The van der Waals surface area contributed by atoms with E-state index >= 15 is 0 Å². The molecule has 0 bridgehead atoms. The highest BCUT2D eigenvalue weighted by Gasteiger charge is 2.47. The number of ether oxygens (including phenoxy) is 1. The molecule has 8 heteroatoms. The number of carbonyl (C=O) groups is 2. The molecule has 0 radical (unpaired) electrons. The van der Waals surface area contributed by atoms with Gasteiger partial charge in [0, 0.05) is 42.9 Å². The molecule has 0 saturated carbocycles. The molecule has 6 nitrogen and oxygen atoms in total. The molecule has 2 aromatic rings. The third-order valence-corrected chi connectivity index (χ3v) is 5.56. The van der Waals surface area contributed by atoms with E-state index in [-0.39, 0.29) is 6.04 Å². The van der Waals surface area contributed by atoms with Gasteiger partial charge in [0.25, 0.3) is 17.4 Å². The van der Waals surface area contributed by atoms with Crippen molar-refractivity contribution in [1.29, 1.82) is 0 Å². The van der Waals surface area contributed by atoms with Crippen LogP contribution in [0.5, 0.6) is 0 Å². The monoisotopic (exact) mass is 433 g/mol. The number of amides is 2. The van der Waals surface area contributed by atoms with Gasteiger partial charge in [-0.25, -0.2) is 4.39 Å². The van der Waals surface area contributed by atoms with Gasteiger partial charge in [0.2, 0.25) is 0 Å². The summed E-state index contributed by atoms with van der Waals surface area (Å²) in [5.41, 5.74) is -2.11. The fourth-order valence-corrected chi connectivity index (χ4v) is 3.68. The minimum atomic E-state index is -2.31. The largest absolute Gasteiger partial charge is 0.381 e. The maximum absolute atomic E-state index is 14.1. The second-order valence-electron chi connectivity index (χ2n) is 7.48. The summed E-state index contributed by atoms with van der Waals surface area (Å²) in [4.78, 5) is 31.8. The van der Waals surface area contributed by atoms with E-state index in [1.807, 2.05) is 6.92 Å². The van der Waals surface area contributed by atoms with Gasteiger partial charge < -0.3 is 10.1 Å². The van der Waals surface area contributed by atoms with Crippen LogP contribution in [0.2, 0.25) is 0 Å². The number of benzene rings is 1. The van der Waals surface area contributed by atoms with Gasteiger partial charge in [-0.3, -0.25) is 19.5 Å². The maximum atomic E-state index is 14.1. The summed E-state index contributed by atoms with van der Waals surface area (Å²) in [5, 5.41) is 3.01. The van der Waals surface area contributed by atoms with Gasteiger partial charge in [-0.2, -0.15) is 0 Å². The van der Waals surface area contributed by atoms with Crippen LogP contribution in [0.15, 0.2) is 48.8 Å². The van der Waals surface area contributed by atoms with E-state index in [1.165, 1.54) is 6.20 Å². The van der Waals surface area contributed by atoms with E-state index in [0.29, 0.717) is 37.3 Å². The SMILES string of the molecule is Cc1ccc(N(C(=O)[C@H](F)Cl)[C@@](C)(C(=O)NC2CCOCC2)c2cccnc2)cc1. The lowest BCUT2D eigenvalue weighted by Crippen LogP contribution is -2.60. The van der Waals surface area contributed by atoms with Crippen LogP contribution < -0.4 is 10.2 Å². The maximum Gasteiger partial charge on any atom is 0.278 e. The number of aromatic nitrogens is 1. The van der Waals surface area contributed by atoms with Crippen LogP contribution in [0, 0.1) is 6.92 Å². The summed E-state index contributed by atoms with van der Waals surface area (Å²) in [6, 6.07) is 10.2. The molecule has 0 unspecified atom stereocenters. The number of anilines is 1. The molecule has 1 fully saturated rings. The van der Waals surface area contributed by atoms with Gasteiger partial charge in [-0.15, -0.1) is 0 Å². The van der Waals surface area contributed by atoms with E-state index < -0.39 is 23.0 Å². The van der Waals surface area contributed by atoms with Crippen LogP contribution in [-0.4, -0.2) is 41.7 Å². The number of rotatable bonds is 6. The van der Waals surface area contributed by atoms with Crippen LogP contribution in [0.3, 0.4) is 0 Å². The average molecular weight is 434 g/mol. The van der Waals surface area contributed by atoms with Gasteiger partial charge in [-0.1, -0.05) is 35.4 Å². The number of nitrogens with zero attached hydrogens (tertiary/aromatic N) is 2. The minimum absolute atomic E-state index is 0.102. The zero-order valence-electron chi connectivity index (χ0n) is 17.0. The number of carbonyl (C=O) groups excluding carboxylic acids is 2. The summed E-state index contributed by atoms with van der Waals surface area (Å²) >= 11 is 5.57. The first-order valence-corrected chi connectivity index (χ1v) is 10.3. The third-order valence-electron chi connectivity index (χ3n) is 5.37. The summed E-state index contributed by atoms with van der Waals surface area (Å²) in [6.45, 7) is 4.57. The smallest absolute Gasteiger partial charge is 0.278 e. The highest BCUT2D eigenvalue weighted by atomic mass is 35.5. The van der Waals surface area contributed by atoms with Crippen molar-refractivity contribution in [2.45, 2.75) is 43.9 Å². The zero-order chi connectivity index (χ0) is 21.7. The second-order valence-corrected chi connectivity index (χ2v) is 7.87. The van der Waals surface area contributed by atoms with Gasteiger partial charge in [0.05, 0.1) is 0 Å². The number of pyridine rings is 1. The number of halogens is 2. The lowest BCUT2D eigenvalue weighted by Gasteiger charge is -2.41. The minimum Gasteiger partial charge on any atom is -0.381 e. The normalized spacial score (nSPS) is 17.6. The molecule has 160 valence electrons. The first kappa shape index (κ1) is 22.2. The fraction of sp³-hybridized carbons (Fsp3) is 0.409. The number of aryl methyl sites for hydroxylation is 1. The molecule has 2 amide bonds. The molecular formula is C22H25ClFN3O3. The molecule has 1 aliphatic heterocycles. The van der Waals surface area contributed by atoms with Crippen molar-refractivity contribution in [2.24, 2.45) is 0 Å². The van der Waals surface area contributed by atoms with Gasteiger partial charge in [-0.05, 0) is 44.9 Å². The second kappa shape index (κ2) is 9.53. The van der Waals surface area contributed by atoms with E-state index in [2.05, 4.69) is 10.3 Å². The van der Waals surface area contributed by atoms with Crippen molar-refractivity contribution in [1.82, 2.24) is 10.3 Å². The Kier molecular flexibility index (Phi) is 7.05. The van der Waals surface area contributed by atoms with E-state index in [0.717, 1.165) is 10.5 Å². The van der Waals surface area contributed by atoms with Crippen molar-refractivity contribution in [2.75, 3.05) is 18.1 Å². The average Bonchev–Trinajstić information content (AvgIpc) is 2.76. The molecule has 1 aromatic carbocycles. The van der Waals surface area contributed by atoms with Crippen molar-refractivity contribution < 1.29 is 18.7 Å². The van der Waals surface area contributed by atoms with Crippen molar-refractivity contribution in [3.8, 4) is 0 Å². The molecule has 3 rings (SSSR count). The van der Waals surface area contributed by atoms with Crippen LogP contribution in [0.1, 0.15) is 30.9 Å². The van der Waals surface area contributed by atoms with E-state index in [4.69, 9.17) is 16.3 Å². The number of hydrogen-bond acceptors (Lipinski definition) is 4. The number of alkyl halides is 2. The molecule has 0 spiro atoms. The first-order chi connectivity index (χ1) is 14.3. The Labute approximate surface area is 180 Å². The predicted molar refractivity (Wildman–Crippen MR) is 113 cm³/mol. The topological polar surface area (TPSA) is 71.5 Å². The zero-order valence-corrected chi connectivity index (χ0v) is 17.7. The molecule has 2 atom stereocenters. The molecule has 2 heterocycles. The molecule has 1 N–H and O–H groups in total. The highest BCUT2D eigenvalue weighted by Crippen LogP contribution is 2.35. The Morgan fingerprint density at radius 1 is 1.27 bits per heavy atom. The summed E-state index contributed by atoms with van der Waals surface area (Å²) < 4.78 is 19.4. The standard InChI is InChI=1S/C22H25ClFN3O3/c1-15-5-7-18(8-6-15)27(20(28)19(23)24)22(2,16-4-3-11-25-14-16)21(29)26-17-9-12-30-13-10-17/h3-8,11,14,17,19H,9-10,12-13H2,1-2H3,(H,26,29)/t19-,22+/m0/s1. The Balaban J connectivity index is 2.10. The summed E-state index contributed by atoms with van der Waals surface area (Å²) in [6.07, 6.45) is 4.39. The molecular weight excluding hydrogens is 409 g/mol. The van der Waals surface area contributed by atoms with Crippen LogP contribution >= 0.6 is 11.6 Å². The van der Waals surface area contributed by atoms with Crippen LogP contribution in [-0.2, 0) is 19.9 Å². The Morgan fingerprint density at radius 2 is 1.93 bits per heavy atom. The van der Waals surface area contributed by atoms with Gasteiger partial charge >= 0.3 is 0 Å². The first-order valence-electron chi connectivity index (χ1n) is 9.82. The Bertz CT molecular complexity index is 873. The Morgan fingerprint density at radius 3 is 2.50 bits per heavy atom. The summed E-state index contributed by atoms with van der Waals surface area (Å²) in [7, 11) is 0. The van der Waals surface area contributed by atoms with Crippen LogP contribution in [0.25, 0.3) is 0 Å². The van der Waals surface area contributed by atoms with E-state index in [1.54, 1.807) is 49.5 Å². The molecule has 0 aliphatic carbocycles. The van der Waals surface area contributed by atoms with Crippen molar-refractivity contribution in [3.63, 3.8) is 0 Å². The molecule has 1 aromatic heterocycles. The molecule has 30 heavy (non-hydrogen) atoms. The third kappa shape index (κ3) is 4.63.